The highest BCUT2D eigenvalue weighted by atomic mass is 35.5. The van der Waals surface area contributed by atoms with Gasteiger partial charge in [-0.25, -0.2) is 9.67 Å². The van der Waals surface area contributed by atoms with E-state index in [9.17, 15) is 9.90 Å². The Balaban J connectivity index is 1.90. The smallest absolute Gasteiger partial charge is 0.293 e. The topological polar surface area (TPSA) is 80.5 Å². The Morgan fingerprint density at radius 2 is 2.11 bits per heavy atom. The minimum Gasteiger partial charge on any atom is -0.396 e. The summed E-state index contributed by atoms with van der Waals surface area (Å²) in [5, 5.41) is 14.6. The third-order valence-corrected chi connectivity index (χ3v) is 5.02. The Morgan fingerprint density at radius 1 is 1.37 bits per heavy atom. The fourth-order valence-corrected chi connectivity index (χ4v) is 3.53. The van der Waals surface area contributed by atoms with E-state index in [0.717, 1.165) is 0 Å². The molecule has 0 radical (unpaired) electrons. The van der Waals surface area contributed by atoms with Crippen LogP contribution in [0.2, 0.25) is 5.02 Å². The predicted molar refractivity (Wildman–Crippen MR) is 102 cm³/mol. The van der Waals surface area contributed by atoms with E-state index in [1.165, 1.54) is 0 Å². The Morgan fingerprint density at radius 3 is 2.74 bits per heavy atom. The zero-order valence-corrected chi connectivity index (χ0v) is 16.6. The first kappa shape index (κ1) is 19.8. The number of likely N-dealkylation sites (tertiary alicyclic amines) is 1. The fraction of sp³-hybridized carbons (Fsp3) is 0.526. The average Bonchev–Trinajstić information content (AvgIpc) is 3.26. The molecule has 1 N–H and O–H groups in total. The second-order valence-corrected chi connectivity index (χ2v) is 7.37. The van der Waals surface area contributed by atoms with E-state index in [1.54, 1.807) is 15.6 Å². The van der Waals surface area contributed by atoms with Gasteiger partial charge in [-0.3, -0.25) is 4.79 Å². The number of amides is 1. The summed E-state index contributed by atoms with van der Waals surface area (Å²) in [6.45, 7) is 7.27. The van der Waals surface area contributed by atoms with Gasteiger partial charge in [-0.05, 0) is 19.1 Å². The number of hydrogen-bond donors (Lipinski definition) is 1. The molecule has 1 aromatic carbocycles. The number of carbonyl (C=O) groups excluding carboxylic acids is 1. The molecule has 1 saturated heterocycles. The lowest BCUT2D eigenvalue weighted by Gasteiger charge is -2.15. The summed E-state index contributed by atoms with van der Waals surface area (Å²) < 4.78 is 7.30. The molecule has 0 spiro atoms. The van der Waals surface area contributed by atoms with Crippen molar-refractivity contribution in [2.45, 2.75) is 32.8 Å². The van der Waals surface area contributed by atoms with Gasteiger partial charge in [-0.15, -0.1) is 5.10 Å². The van der Waals surface area contributed by atoms with Crippen LogP contribution < -0.4 is 0 Å². The van der Waals surface area contributed by atoms with Crippen LogP contribution in [0.25, 0.3) is 5.69 Å². The molecule has 7 nitrogen and oxygen atoms in total. The van der Waals surface area contributed by atoms with Crippen LogP contribution in [-0.2, 0) is 4.74 Å². The van der Waals surface area contributed by atoms with Crippen LogP contribution in [0.1, 0.15) is 43.1 Å². The van der Waals surface area contributed by atoms with Crippen LogP contribution in [0.15, 0.2) is 24.3 Å². The van der Waals surface area contributed by atoms with Crippen molar-refractivity contribution in [1.29, 1.82) is 0 Å². The zero-order valence-electron chi connectivity index (χ0n) is 15.8. The molecule has 0 saturated carbocycles. The molecule has 1 fully saturated rings. The number of carbonyl (C=O) groups is 1. The predicted octanol–water partition coefficient (Wildman–Crippen LogP) is 2.51. The first-order valence-corrected chi connectivity index (χ1v) is 9.57. The van der Waals surface area contributed by atoms with E-state index >= 15 is 0 Å². The van der Waals surface area contributed by atoms with Gasteiger partial charge in [0.1, 0.15) is 5.82 Å². The summed E-state index contributed by atoms with van der Waals surface area (Å²) in [7, 11) is 0. The second kappa shape index (κ2) is 8.37. The Hall–Kier alpha value is -1.96. The fourth-order valence-electron chi connectivity index (χ4n) is 3.32. The van der Waals surface area contributed by atoms with Crippen LogP contribution in [0.5, 0.6) is 0 Å². The molecule has 1 aliphatic heterocycles. The number of ether oxygens (including phenoxy) is 1. The molecule has 0 aliphatic carbocycles. The first-order chi connectivity index (χ1) is 13.0. The minimum atomic E-state index is -0.261. The lowest BCUT2D eigenvalue weighted by Crippen LogP contribution is -2.31. The van der Waals surface area contributed by atoms with E-state index in [4.69, 9.17) is 16.3 Å². The highest BCUT2D eigenvalue weighted by molar-refractivity contribution is 6.32. The van der Waals surface area contributed by atoms with Crippen LogP contribution in [-0.4, -0.2) is 63.1 Å². The average molecular weight is 393 g/mol. The number of halogens is 1. The van der Waals surface area contributed by atoms with Gasteiger partial charge >= 0.3 is 0 Å². The maximum atomic E-state index is 13.0. The zero-order chi connectivity index (χ0) is 19.6. The lowest BCUT2D eigenvalue weighted by atomic mass is 10.1. The number of aliphatic hydroxyl groups is 1. The third kappa shape index (κ3) is 4.00. The van der Waals surface area contributed by atoms with Gasteiger partial charge in [0.2, 0.25) is 5.82 Å². The molecule has 3 rings (SSSR count). The van der Waals surface area contributed by atoms with Crippen molar-refractivity contribution >= 4 is 17.5 Å². The Bertz CT molecular complexity index is 808. The van der Waals surface area contributed by atoms with Crippen molar-refractivity contribution in [3.63, 3.8) is 0 Å². The number of rotatable bonds is 6. The number of hydrogen-bond acceptors (Lipinski definition) is 5. The van der Waals surface area contributed by atoms with Gasteiger partial charge in [-0.1, -0.05) is 37.6 Å². The van der Waals surface area contributed by atoms with E-state index in [0.29, 0.717) is 36.2 Å². The van der Waals surface area contributed by atoms with E-state index < -0.39 is 0 Å². The van der Waals surface area contributed by atoms with Crippen molar-refractivity contribution in [2.75, 3.05) is 26.3 Å². The second-order valence-electron chi connectivity index (χ2n) is 6.96. The van der Waals surface area contributed by atoms with Gasteiger partial charge < -0.3 is 14.7 Å². The summed E-state index contributed by atoms with van der Waals surface area (Å²) in [5.41, 5.74) is 0.691. The Labute approximate surface area is 163 Å². The highest BCUT2D eigenvalue weighted by Crippen LogP contribution is 2.25. The number of nitrogens with zero attached hydrogens (tertiary/aromatic N) is 4. The molecule has 1 amide bonds. The summed E-state index contributed by atoms with van der Waals surface area (Å²) in [4.78, 5) is 19.1. The Kier molecular flexibility index (Phi) is 6.14. The van der Waals surface area contributed by atoms with Crippen molar-refractivity contribution in [3.8, 4) is 5.69 Å². The van der Waals surface area contributed by atoms with Gasteiger partial charge in [-0.2, -0.15) is 0 Å². The third-order valence-electron chi connectivity index (χ3n) is 4.70. The molecule has 2 unspecified atom stereocenters. The van der Waals surface area contributed by atoms with Gasteiger partial charge in [0, 0.05) is 31.5 Å². The quantitative estimate of drug-likeness (QED) is 0.817. The van der Waals surface area contributed by atoms with Crippen LogP contribution in [0, 0.1) is 5.92 Å². The summed E-state index contributed by atoms with van der Waals surface area (Å²) in [6, 6.07) is 7.34. The molecule has 1 aromatic heterocycles. The molecular formula is C19H25ClN4O3. The van der Waals surface area contributed by atoms with Gasteiger partial charge in [0.05, 0.1) is 23.4 Å². The SMILES string of the molecule is CCOC1CN(C(=O)c2nc(C(C)C)n(-c3ccccc3Cl)n2)CC1CO. The normalized spacial score (nSPS) is 19.9. The molecule has 2 aromatic rings. The molecule has 2 heterocycles. The van der Waals surface area contributed by atoms with Crippen LogP contribution in [0.3, 0.4) is 0 Å². The molecule has 8 heteroatoms. The maximum Gasteiger partial charge on any atom is 0.293 e. The van der Waals surface area contributed by atoms with Crippen molar-refractivity contribution in [3.05, 3.63) is 40.9 Å². The number of para-hydroxylation sites is 1. The molecule has 2 atom stereocenters. The summed E-state index contributed by atoms with van der Waals surface area (Å²) in [5.74, 6) is 0.515. The van der Waals surface area contributed by atoms with Gasteiger partial charge in [0.15, 0.2) is 0 Å². The monoisotopic (exact) mass is 392 g/mol. The summed E-state index contributed by atoms with van der Waals surface area (Å²) in [6.07, 6.45) is -0.167. The number of benzene rings is 1. The van der Waals surface area contributed by atoms with Crippen molar-refractivity contribution in [1.82, 2.24) is 19.7 Å². The molecule has 146 valence electrons. The molecule has 1 aliphatic rings. The minimum absolute atomic E-state index is 0.0207. The number of aromatic nitrogens is 3. The van der Waals surface area contributed by atoms with E-state index in [-0.39, 0.29) is 36.3 Å². The lowest BCUT2D eigenvalue weighted by molar-refractivity contribution is 0.0257. The molecule has 27 heavy (non-hydrogen) atoms. The van der Waals surface area contributed by atoms with Crippen molar-refractivity contribution in [2.24, 2.45) is 5.92 Å². The molecular weight excluding hydrogens is 368 g/mol. The molecule has 0 bridgehead atoms. The van der Waals surface area contributed by atoms with Gasteiger partial charge in [0.25, 0.3) is 5.91 Å². The van der Waals surface area contributed by atoms with Crippen LogP contribution in [0.4, 0.5) is 0 Å². The standard InChI is InChI=1S/C19H25ClN4O3/c1-4-27-16-10-23(9-13(16)11-25)19(26)17-21-18(12(2)3)24(22-17)15-8-6-5-7-14(15)20/h5-8,12-13,16,25H,4,9-11H2,1-3H3. The number of aliphatic hydroxyl groups excluding tert-OH is 1. The summed E-state index contributed by atoms with van der Waals surface area (Å²) >= 11 is 6.31. The van der Waals surface area contributed by atoms with Crippen molar-refractivity contribution < 1.29 is 14.6 Å². The highest BCUT2D eigenvalue weighted by Gasteiger charge is 2.37. The van der Waals surface area contributed by atoms with E-state index in [2.05, 4.69) is 10.1 Å². The van der Waals surface area contributed by atoms with Crippen LogP contribution >= 0.6 is 11.6 Å². The first-order valence-electron chi connectivity index (χ1n) is 9.19. The maximum absolute atomic E-state index is 13.0. The van der Waals surface area contributed by atoms with E-state index in [1.807, 2.05) is 39.0 Å². The largest absolute Gasteiger partial charge is 0.396 e.